The van der Waals surface area contributed by atoms with E-state index in [0.717, 1.165) is 0 Å². The molecule has 0 radical (unpaired) electrons. The molecule has 0 heterocycles. The molecule has 0 saturated carbocycles. The minimum Gasteiger partial charge on any atom is -0.455 e. The van der Waals surface area contributed by atoms with Gasteiger partial charge in [-0.1, -0.05) is 18.2 Å². The highest BCUT2D eigenvalue weighted by Gasteiger charge is 2.17. The molecule has 2 aromatic rings. The Bertz CT molecular complexity index is 943. The molecule has 0 fully saturated rings. The predicted molar refractivity (Wildman–Crippen MR) is 102 cm³/mol. The normalized spacial score (nSPS) is 10.8. The Hall–Kier alpha value is -3.24. The van der Waals surface area contributed by atoms with E-state index < -0.39 is 35.1 Å². The van der Waals surface area contributed by atoms with Crippen molar-refractivity contribution in [2.45, 2.75) is 11.8 Å². The lowest BCUT2D eigenvalue weighted by molar-refractivity contribution is -0.146. The number of carbonyl (C=O) groups is 3. The van der Waals surface area contributed by atoms with E-state index in [1.165, 1.54) is 31.2 Å². The van der Waals surface area contributed by atoms with Gasteiger partial charge in [-0.2, -0.15) is 4.72 Å². The van der Waals surface area contributed by atoms with Gasteiger partial charge in [0.15, 0.2) is 6.61 Å². The van der Waals surface area contributed by atoms with E-state index in [9.17, 15) is 22.8 Å². The van der Waals surface area contributed by atoms with Crippen molar-refractivity contribution in [1.29, 1.82) is 0 Å². The highest BCUT2D eigenvalue weighted by Crippen LogP contribution is 2.13. The summed E-state index contributed by atoms with van der Waals surface area (Å²) in [5, 5.41) is 5.04. The molecule has 0 bridgehead atoms. The third-order valence-corrected chi connectivity index (χ3v) is 4.73. The fourth-order valence-corrected chi connectivity index (χ4v) is 3.04. The summed E-state index contributed by atoms with van der Waals surface area (Å²) < 4.78 is 31.2. The fourth-order valence-electron chi connectivity index (χ4n) is 2.07. The molecule has 0 aliphatic heterocycles. The topological polar surface area (TPSA) is 131 Å². The number of ether oxygens (including phenoxy) is 1. The van der Waals surface area contributed by atoms with Crippen LogP contribution in [0.5, 0.6) is 0 Å². The molecule has 2 amide bonds. The van der Waals surface area contributed by atoms with Gasteiger partial charge in [-0.15, -0.1) is 0 Å². The van der Waals surface area contributed by atoms with E-state index in [0.29, 0.717) is 11.4 Å². The van der Waals surface area contributed by atoms with Gasteiger partial charge in [0.25, 0.3) is 5.91 Å². The molecule has 2 rings (SSSR count). The molecule has 148 valence electrons. The summed E-state index contributed by atoms with van der Waals surface area (Å²) >= 11 is 0. The number of benzene rings is 2. The molecule has 0 aromatic heterocycles. The quantitative estimate of drug-likeness (QED) is 0.564. The summed E-state index contributed by atoms with van der Waals surface area (Å²) in [5.41, 5.74) is 0.988. The molecule has 9 nitrogen and oxygen atoms in total. The molecule has 0 unspecified atom stereocenters. The Morgan fingerprint density at radius 1 is 0.893 bits per heavy atom. The lowest BCUT2D eigenvalue weighted by Gasteiger charge is -2.09. The summed E-state index contributed by atoms with van der Waals surface area (Å²) in [7, 11) is -3.95. The average molecular weight is 405 g/mol. The average Bonchev–Trinajstić information content (AvgIpc) is 2.65. The predicted octanol–water partition coefficient (Wildman–Crippen LogP) is 1.11. The van der Waals surface area contributed by atoms with E-state index in [1.807, 2.05) is 0 Å². The molecular formula is C18H19N3O6S. The van der Waals surface area contributed by atoms with Gasteiger partial charge in [0.1, 0.15) is 6.54 Å². The first-order chi connectivity index (χ1) is 13.3. The van der Waals surface area contributed by atoms with Crippen LogP contribution in [0.25, 0.3) is 0 Å². The van der Waals surface area contributed by atoms with Gasteiger partial charge in [0.05, 0.1) is 4.90 Å². The number of rotatable bonds is 8. The molecule has 0 atom stereocenters. The lowest BCUT2D eigenvalue weighted by atomic mass is 10.3. The molecule has 0 aliphatic rings. The van der Waals surface area contributed by atoms with Gasteiger partial charge in [-0.05, 0) is 36.4 Å². The number of esters is 1. The molecule has 3 N–H and O–H groups in total. The number of sulfonamides is 1. The monoisotopic (exact) mass is 405 g/mol. The number of nitrogens with one attached hydrogen (secondary N) is 3. The molecular weight excluding hydrogens is 386 g/mol. The van der Waals surface area contributed by atoms with Gasteiger partial charge < -0.3 is 15.4 Å². The SMILES string of the molecule is CC(=O)Nc1ccc(S(=O)(=O)NCC(=O)OCC(=O)Nc2ccccc2)cc1. The van der Waals surface area contributed by atoms with Gasteiger partial charge in [0, 0.05) is 18.3 Å². The Morgan fingerprint density at radius 2 is 1.50 bits per heavy atom. The van der Waals surface area contributed by atoms with Crippen LogP contribution >= 0.6 is 0 Å². The second-order valence-electron chi connectivity index (χ2n) is 5.61. The van der Waals surface area contributed by atoms with E-state index in [4.69, 9.17) is 4.74 Å². The van der Waals surface area contributed by atoms with Crippen molar-refractivity contribution in [3.63, 3.8) is 0 Å². The van der Waals surface area contributed by atoms with Crippen LogP contribution < -0.4 is 15.4 Å². The number of amides is 2. The largest absolute Gasteiger partial charge is 0.455 e. The van der Waals surface area contributed by atoms with Crippen molar-refractivity contribution in [3.05, 3.63) is 54.6 Å². The maximum Gasteiger partial charge on any atom is 0.321 e. The Kier molecular flexibility index (Phi) is 7.24. The van der Waals surface area contributed by atoms with Gasteiger partial charge in [0.2, 0.25) is 15.9 Å². The van der Waals surface area contributed by atoms with Crippen molar-refractivity contribution < 1.29 is 27.5 Å². The number of carbonyl (C=O) groups excluding carboxylic acids is 3. The summed E-state index contributed by atoms with van der Waals surface area (Å²) in [6, 6.07) is 14.0. The minimum atomic E-state index is -3.95. The maximum absolute atomic E-state index is 12.2. The molecule has 28 heavy (non-hydrogen) atoms. The first kappa shape index (κ1) is 21.1. The van der Waals surface area contributed by atoms with Crippen molar-refractivity contribution >= 4 is 39.2 Å². The zero-order valence-electron chi connectivity index (χ0n) is 15.0. The second-order valence-corrected chi connectivity index (χ2v) is 7.37. The Labute approximate surface area is 162 Å². The van der Waals surface area contributed by atoms with Crippen LogP contribution in [0.1, 0.15) is 6.92 Å². The van der Waals surface area contributed by atoms with E-state index >= 15 is 0 Å². The Morgan fingerprint density at radius 3 is 2.11 bits per heavy atom. The van der Waals surface area contributed by atoms with Crippen LogP contribution in [0.2, 0.25) is 0 Å². The van der Waals surface area contributed by atoms with Crippen LogP contribution in [-0.2, 0) is 29.1 Å². The lowest BCUT2D eigenvalue weighted by Crippen LogP contribution is -2.32. The molecule has 0 saturated heterocycles. The third kappa shape index (κ3) is 6.82. The molecule has 10 heteroatoms. The second kappa shape index (κ2) is 9.62. The molecule has 0 spiro atoms. The van der Waals surface area contributed by atoms with Gasteiger partial charge in [-0.3, -0.25) is 14.4 Å². The van der Waals surface area contributed by atoms with E-state index in [-0.39, 0.29) is 10.8 Å². The number of hydrogen-bond donors (Lipinski definition) is 3. The number of hydrogen-bond acceptors (Lipinski definition) is 6. The summed E-state index contributed by atoms with van der Waals surface area (Å²) in [6.45, 7) is 0.160. The highest BCUT2D eigenvalue weighted by molar-refractivity contribution is 7.89. The van der Waals surface area contributed by atoms with Crippen LogP contribution in [0.4, 0.5) is 11.4 Å². The summed E-state index contributed by atoms with van der Waals surface area (Å²) in [5.74, 6) is -1.73. The number of anilines is 2. The van der Waals surface area contributed by atoms with Crippen LogP contribution in [0, 0.1) is 0 Å². The van der Waals surface area contributed by atoms with Crippen molar-refractivity contribution in [3.8, 4) is 0 Å². The molecule has 2 aromatic carbocycles. The Balaban J connectivity index is 1.80. The maximum atomic E-state index is 12.2. The van der Waals surface area contributed by atoms with Crippen LogP contribution in [0.3, 0.4) is 0 Å². The minimum absolute atomic E-state index is 0.0868. The smallest absolute Gasteiger partial charge is 0.321 e. The zero-order valence-corrected chi connectivity index (χ0v) is 15.8. The standard InChI is InChI=1S/C18H19N3O6S/c1-13(22)20-15-7-9-16(10-8-15)28(25,26)19-11-18(24)27-12-17(23)21-14-5-3-2-4-6-14/h2-10,19H,11-12H2,1H3,(H,20,22)(H,21,23). The van der Waals surface area contributed by atoms with Crippen molar-refractivity contribution in [1.82, 2.24) is 4.72 Å². The van der Waals surface area contributed by atoms with Crippen LogP contribution in [0.15, 0.2) is 59.5 Å². The third-order valence-electron chi connectivity index (χ3n) is 3.31. The van der Waals surface area contributed by atoms with Crippen LogP contribution in [-0.4, -0.2) is 39.4 Å². The fraction of sp³-hybridized carbons (Fsp3) is 0.167. The van der Waals surface area contributed by atoms with E-state index in [2.05, 4.69) is 15.4 Å². The first-order valence-electron chi connectivity index (χ1n) is 8.14. The highest BCUT2D eigenvalue weighted by atomic mass is 32.2. The summed E-state index contributed by atoms with van der Waals surface area (Å²) in [6.07, 6.45) is 0. The van der Waals surface area contributed by atoms with Gasteiger partial charge >= 0.3 is 5.97 Å². The molecule has 0 aliphatic carbocycles. The van der Waals surface area contributed by atoms with E-state index in [1.54, 1.807) is 30.3 Å². The van der Waals surface area contributed by atoms with Crippen molar-refractivity contribution in [2.24, 2.45) is 0 Å². The number of para-hydroxylation sites is 1. The van der Waals surface area contributed by atoms with Gasteiger partial charge in [-0.25, -0.2) is 8.42 Å². The zero-order chi connectivity index (χ0) is 20.6. The first-order valence-corrected chi connectivity index (χ1v) is 9.62. The van der Waals surface area contributed by atoms with Crippen molar-refractivity contribution in [2.75, 3.05) is 23.8 Å². The summed E-state index contributed by atoms with van der Waals surface area (Å²) in [4.78, 5) is 34.2.